The minimum atomic E-state index is -0.239. The van der Waals surface area contributed by atoms with Crippen LogP contribution in [0.4, 0.5) is 17.3 Å². The Morgan fingerprint density at radius 2 is 2.06 bits per heavy atom. The van der Waals surface area contributed by atoms with E-state index >= 15 is 0 Å². The number of carbonyl (C=O) groups excluding carboxylic acids is 2. The molecule has 1 aromatic carbocycles. The number of ether oxygens (including phenoxy) is 1. The van der Waals surface area contributed by atoms with Crippen LogP contribution >= 0.6 is 0 Å². The van der Waals surface area contributed by atoms with Crippen molar-refractivity contribution >= 4 is 35.2 Å². The molecule has 0 atom stereocenters. The number of hydrogen-bond acceptors (Lipinski definition) is 7. The summed E-state index contributed by atoms with van der Waals surface area (Å²) in [5, 5.41) is 5.98. The molecule has 0 radical (unpaired) electrons. The zero-order chi connectivity index (χ0) is 22.2. The van der Waals surface area contributed by atoms with E-state index in [1.165, 1.54) is 6.33 Å². The lowest BCUT2D eigenvalue weighted by Gasteiger charge is -2.21. The molecular weight excluding hydrogens is 396 g/mol. The average molecular weight is 425 g/mol. The van der Waals surface area contributed by atoms with E-state index in [4.69, 9.17) is 4.74 Å². The summed E-state index contributed by atoms with van der Waals surface area (Å²) in [6, 6.07) is 7.59. The molecule has 9 nitrogen and oxygen atoms in total. The second-order valence-corrected chi connectivity index (χ2v) is 7.31. The second kappa shape index (κ2) is 10.4. The first kappa shape index (κ1) is 22.1. The van der Waals surface area contributed by atoms with Gasteiger partial charge in [0.15, 0.2) is 0 Å². The van der Waals surface area contributed by atoms with Crippen LogP contribution in [0, 0.1) is 0 Å². The number of carbonyl (C=O) groups is 2. The summed E-state index contributed by atoms with van der Waals surface area (Å²) in [6.45, 7) is 4.02. The molecule has 1 aliphatic rings. The van der Waals surface area contributed by atoms with Gasteiger partial charge in [0, 0.05) is 45.1 Å². The topological polar surface area (TPSA) is 99.7 Å². The lowest BCUT2D eigenvalue weighted by molar-refractivity contribution is -0.117. The number of fused-ring (bicyclic) bond motifs is 1. The first-order valence-electron chi connectivity index (χ1n) is 10.3. The fourth-order valence-corrected chi connectivity index (χ4v) is 3.20. The molecule has 1 aliphatic heterocycles. The van der Waals surface area contributed by atoms with Crippen LogP contribution in [0.5, 0.6) is 5.75 Å². The van der Waals surface area contributed by atoms with Crippen molar-refractivity contribution < 1.29 is 14.3 Å². The summed E-state index contributed by atoms with van der Waals surface area (Å²) < 4.78 is 5.67. The van der Waals surface area contributed by atoms with E-state index < -0.39 is 0 Å². The predicted octanol–water partition coefficient (Wildman–Crippen LogP) is 2.58. The Bertz CT molecular complexity index is 962. The highest BCUT2D eigenvalue weighted by atomic mass is 16.5. The molecule has 9 heteroatoms. The molecule has 0 fully saturated rings. The number of rotatable bonds is 11. The quantitative estimate of drug-likeness (QED) is 0.422. The van der Waals surface area contributed by atoms with E-state index in [9.17, 15) is 9.59 Å². The van der Waals surface area contributed by atoms with Crippen LogP contribution in [0.15, 0.2) is 36.8 Å². The van der Waals surface area contributed by atoms with Crippen molar-refractivity contribution in [2.45, 2.75) is 19.8 Å². The standard InChI is InChI=1S/C22H28N6O3/c1-4-11-31-17-8-5-7-16(12-17)23-13-18-19-20(26-22(18)30)24-14-25-21(19)28(3)10-6-9-27(2)15-29/h5,7-8,12-15,23H,4,6,9-11H2,1-3H3,(H,24,25,26,30)/b18-13-. The van der Waals surface area contributed by atoms with Crippen LogP contribution < -0.4 is 20.3 Å². The third kappa shape index (κ3) is 5.50. The van der Waals surface area contributed by atoms with Crippen LogP contribution in [0.2, 0.25) is 0 Å². The average Bonchev–Trinajstić information content (AvgIpc) is 3.11. The maximum atomic E-state index is 12.6. The van der Waals surface area contributed by atoms with Gasteiger partial charge in [0.05, 0.1) is 17.7 Å². The van der Waals surface area contributed by atoms with Crippen molar-refractivity contribution in [1.29, 1.82) is 0 Å². The maximum absolute atomic E-state index is 12.6. The lowest BCUT2D eigenvalue weighted by atomic mass is 10.1. The SMILES string of the molecule is CCCOc1cccc(N/C=C2\C(=O)Nc3ncnc(N(C)CCCN(C)C=O)c32)c1. The molecule has 0 unspecified atom stereocenters. The number of anilines is 3. The normalized spacial score (nSPS) is 13.5. The Morgan fingerprint density at radius 3 is 2.84 bits per heavy atom. The Kier molecular flexibility index (Phi) is 7.42. The minimum absolute atomic E-state index is 0.239. The van der Waals surface area contributed by atoms with Gasteiger partial charge in [0.25, 0.3) is 5.91 Å². The third-order valence-corrected chi connectivity index (χ3v) is 4.81. The van der Waals surface area contributed by atoms with Gasteiger partial charge in [-0.2, -0.15) is 0 Å². The molecule has 0 saturated carbocycles. The van der Waals surface area contributed by atoms with Gasteiger partial charge in [-0.05, 0) is 25.0 Å². The monoisotopic (exact) mass is 424 g/mol. The molecule has 0 saturated heterocycles. The molecule has 0 aliphatic carbocycles. The van der Waals surface area contributed by atoms with Crippen molar-refractivity contribution in [2.75, 3.05) is 49.3 Å². The molecule has 0 bridgehead atoms. The van der Waals surface area contributed by atoms with Gasteiger partial charge >= 0.3 is 0 Å². The zero-order valence-corrected chi connectivity index (χ0v) is 18.1. The molecule has 3 rings (SSSR count). The van der Waals surface area contributed by atoms with E-state index in [2.05, 4.69) is 27.5 Å². The highest BCUT2D eigenvalue weighted by Crippen LogP contribution is 2.36. The van der Waals surface area contributed by atoms with E-state index in [-0.39, 0.29) is 5.91 Å². The Labute approximate surface area is 182 Å². The van der Waals surface area contributed by atoms with E-state index in [1.54, 1.807) is 18.1 Å². The van der Waals surface area contributed by atoms with Crippen LogP contribution in [0.25, 0.3) is 5.57 Å². The van der Waals surface area contributed by atoms with Crippen LogP contribution in [-0.4, -0.2) is 61.0 Å². The first-order valence-corrected chi connectivity index (χ1v) is 10.3. The first-order chi connectivity index (χ1) is 15.0. The second-order valence-electron chi connectivity index (χ2n) is 7.31. The van der Waals surface area contributed by atoms with Crippen LogP contribution in [0.3, 0.4) is 0 Å². The lowest BCUT2D eigenvalue weighted by Crippen LogP contribution is -2.26. The number of nitrogens with one attached hydrogen (secondary N) is 2. The van der Waals surface area contributed by atoms with Crippen molar-refractivity contribution in [3.05, 3.63) is 42.4 Å². The van der Waals surface area contributed by atoms with Gasteiger partial charge < -0.3 is 25.2 Å². The Hall–Kier alpha value is -3.62. The van der Waals surface area contributed by atoms with E-state index in [1.807, 2.05) is 36.2 Å². The number of aromatic nitrogens is 2. The molecule has 2 aromatic rings. The molecule has 164 valence electrons. The fraction of sp³-hybridized carbons (Fsp3) is 0.364. The summed E-state index contributed by atoms with van der Waals surface area (Å²) >= 11 is 0. The van der Waals surface area contributed by atoms with Gasteiger partial charge in [-0.25, -0.2) is 9.97 Å². The van der Waals surface area contributed by atoms with Crippen molar-refractivity contribution in [3.63, 3.8) is 0 Å². The fourth-order valence-electron chi connectivity index (χ4n) is 3.20. The Balaban J connectivity index is 1.79. The molecule has 2 heterocycles. The number of benzene rings is 1. The highest BCUT2D eigenvalue weighted by Gasteiger charge is 2.30. The molecule has 0 spiro atoms. The van der Waals surface area contributed by atoms with Gasteiger partial charge in [-0.1, -0.05) is 13.0 Å². The summed E-state index contributed by atoms with van der Waals surface area (Å²) in [7, 11) is 3.65. The number of amides is 2. The summed E-state index contributed by atoms with van der Waals surface area (Å²) in [6.07, 6.45) is 5.61. The largest absolute Gasteiger partial charge is 0.494 e. The molecule has 31 heavy (non-hydrogen) atoms. The van der Waals surface area contributed by atoms with Crippen molar-refractivity contribution in [2.24, 2.45) is 0 Å². The zero-order valence-electron chi connectivity index (χ0n) is 18.1. The van der Waals surface area contributed by atoms with E-state index in [0.29, 0.717) is 42.5 Å². The number of nitrogens with zero attached hydrogens (tertiary/aromatic N) is 4. The molecular formula is C22H28N6O3. The predicted molar refractivity (Wildman–Crippen MR) is 121 cm³/mol. The van der Waals surface area contributed by atoms with Gasteiger partial charge in [0.1, 0.15) is 23.7 Å². The van der Waals surface area contributed by atoms with E-state index in [0.717, 1.165) is 30.7 Å². The maximum Gasteiger partial charge on any atom is 0.259 e. The summed E-state index contributed by atoms with van der Waals surface area (Å²) in [5.74, 6) is 1.67. The van der Waals surface area contributed by atoms with Crippen LogP contribution in [0.1, 0.15) is 25.3 Å². The van der Waals surface area contributed by atoms with Crippen LogP contribution in [-0.2, 0) is 9.59 Å². The van der Waals surface area contributed by atoms with Crippen molar-refractivity contribution in [1.82, 2.24) is 14.9 Å². The Morgan fingerprint density at radius 1 is 1.23 bits per heavy atom. The highest BCUT2D eigenvalue weighted by molar-refractivity contribution is 6.32. The third-order valence-electron chi connectivity index (χ3n) is 4.81. The minimum Gasteiger partial charge on any atom is -0.494 e. The van der Waals surface area contributed by atoms with Gasteiger partial charge in [-0.15, -0.1) is 0 Å². The molecule has 2 amide bonds. The van der Waals surface area contributed by atoms with Crippen molar-refractivity contribution in [3.8, 4) is 5.75 Å². The summed E-state index contributed by atoms with van der Waals surface area (Å²) in [5.41, 5.74) is 1.93. The number of hydrogen-bond donors (Lipinski definition) is 2. The molecule has 1 aromatic heterocycles. The summed E-state index contributed by atoms with van der Waals surface area (Å²) in [4.78, 5) is 35.6. The van der Waals surface area contributed by atoms with Gasteiger partial charge in [0.2, 0.25) is 6.41 Å². The van der Waals surface area contributed by atoms with Gasteiger partial charge in [-0.3, -0.25) is 9.59 Å². The molecule has 2 N–H and O–H groups in total. The smallest absolute Gasteiger partial charge is 0.259 e.